The predicted molar refractivity (Wildman–Crippen MR) is 170 cm³/mol. The van der Waals surface area contributed by atoms with Gasteiger partial charge in [-0.3, -0.25) is 14.1 Å². The largest absolute Gasteiger partial charge is 0.505 e. The summed E-state index contributed by atoms with van der Waals surface area (Å²) >= 11 is 0. The maximum atomic E-state index is 12.2. The van der Waals surface area contributed by atoms with Crippen LogP contribution in [0, 0.1) is 0 Å². The second-order valence-corrected chi connectivity index (χ2v) is 12.3. The number of aromatic nitrogens is 3. The zero-order chi connectivity index (χ0) is 35.6. The van der Waals surface area contributed by atoms with Crippen molar-refractivity contribution in [3.63, 3.8) is 0 Å². The van der Waals surface area contributed by atoms with Gasteiger partial charge in [-0.25, -0.2) is 14.4 Å². The van der Waals surface area contributed by atoms with Crippen molar-refractivity contribution in [3.05, 3.63) is 88.3 Å². The number of nitrogens with two attached hydrogens (primary N) is 2. The first-order valence-electron chi connectivity index (χ1n) is 12.8. The molecule has 1 aromatic heterocycles. The quantitative estimate of drug-likeness (QED) is 0.0629. The number of benzene rings is 4. The van der Waals surface area contributed by atoms with Crippen LogP contribution in [0.3, 0.4) is 0 Å². The normalized spacial score (nSPS) is 11.3. The minimum absolute atomic E-state index is 0.0403. The van der Waals surface area contributed by atoms with Crippen molar-refractivity contribution in [3.8, 4) is 5.75 Å². The third kappa shape index (κ3) is 7.73. The Morgan fingerprint density at radius 1 is 0.771 bits per heavy atom. The summed E-state index contributed by atoms with van der Waals surface area (Å²) < 4.78 is 66.0. The highest BCUT2D eigenvalue weighted by Gasteiger charge is 2.24. The first-order valence-corrected chi connectivity index (χ1v) is 15.7. The molecule has 0 radical (unpaired) electrons. The molecular weight excluding hydrogens is 678 g/mol. The second kappa shape index (κ2) is 13.2. The van der Waals surface area contributed by atoms with Crippen LogP contribution in [0.1, 0.15) is 20.7 Å². The lowest BCUT2D eigenvalue weighted by molar-refractivity contribution is 0.0687. The number of phenolic OH excluding ortho intramolecular Hbond substituents is 1. The van der Waals surface area contributed by atoms with E-state index < -0.39 is 65.0 Å². The first kappa shape index (κ1) is 34.6. The molecule has 4 aromatic carbocycles. The van der Waals surface area contributed by atoms with E-state index in [2.05, 4.69) is 25.6 Å². The number of rotatable bonds is 8. The summed E-state index contributed by atoms with van der Waals surface area (Å²) in [6.07, 6.45) is 0. The standard InChI is InChI=1S/C20H16N6O10S2.C7H7NO2/c21-15-13(38(34,35)36)6-8-5-9(37(31,32)33)7-12(14(8)16(15)27)23-19-24-18(25-20(30)26-19)22-11-4-2-1-3-10(11)17(28)29;8-6-4-2-1-3-5(6)7(9)10/h1-7,27H,21H2,(H,28,29)(H,31,32,33)(H,34,35,36)(H3,22,23,24,25,26,30);1-4H,8H2,(H,9,10). The number of fused-ring (bicyclic) bond motifs is 1. The van der Waals surface area contributed by atoms with Crippen LogP contribution in [0.2, 0.25) is 0 Å². The van der Waals surface area contributed by atoms with E-state index in [0.717, 1.165) is 18.2 Å². The molecule has 12 N–H and O–H groups in total. The van der Waals surface area contributed by atoms with E-state index >= 15 is 0 Å². The Balaban J connectivity index is 0.000000445. The average molecular weight is 702 g/mol. The summed E-state index contributed by atoms with van der Waals surface area (Å²) in [4.78, 5) is 42.1. The Kier molecular flexibility index (Phi) is 9.52. The number of H-pyrrole nitrogens is 1. The minimum atomic E-state index is -4.95. The molecule has 19 nitrogen and oxygen atoms in total. The van der Waals surface area contributed by atoms with E-state index in [1.54, 1.807) is 18.2 Å². The van der Waals surface area contributed by atoms with E-state index in [4.69, 9.17) is 16.6 Å². The van der Waals surface area contributed by atoms with Crippen molar-refractivity contribution < 1.29 is 50.8 Å². The van der Waals surface area contributed by atoms with Gasteiger partial charge in [-0.05, 0) is 47.9 Å². The Hall–Kier alpha value is -6.29. The third-order valence-electron chi connectivity index (χ3n) is 6.26. The van der Waals surface area contributed by atoms with Crippen LogP contribution in [0.5, 0.6) is 5.75 Å². The molecular formula is C27H23N7O12S2. The molecule has 0 aliphatic carbocycles. The number of anilines is 6. The van der Waals surface area contributed by atoms with Gasteiger partial charge in [0, 0.05) is 11.1 Å². The van der Waals surface area contributed by atoms with Crippen molar-refractivity contribution in [2.45, 2.75) is 9.79 Å². The van der Waals surface area contributed by atoms with E-state index in [9.17, 15) is 50.5 Å². The molecule has 0 aliphatic heterocycles. The SMILES string of the molecule is Nc1c(S(=O)(=O)O)cc2cc(S(=O)(=O)O)cc(Nc3nc(Nc4ccccc4C(=O)O)nc(=O)[nH]3)c2c1O.Nc1ccccc1C(=O)O. The Morgan fingerprint density at radius 2 is 1.38 bits per heavy atom. The van der Waals surface area contributed by atoms with Crippen molar-refractivity contribution >= 4 is 77.6 Å². The van der Waals surface area contributed by atoms with Crippen LogP contribution < -0.4 is 27.8 Å². The lowest BCUT2D eigenvalue weighted by atomic mass is 10.1. The molecule has 5 aromatic rings. The molecule has 48 heavy (non-hydrogen) atoms. The lowest BCUT2D eigenvalue weighted by Gasteiger charge is -2.15. The summed E-state index contributed by atoms with van der Waals surface area (Å²) in [5, 5.41) is 33.0. The zero-order valence-electron chi connectivity index (χ0n) is 23.8. The highest BCUT2D eigenvalue weighted by Crippen LogP contribution is 2.42. The highest BCUT2D eigenvalue weighted by atomic mass is 32.2. The maximum Gasteiger partial charge on any atom is 0.351 e. The number of hydrogen-bond acceptors (Lipinski definition) is 14. The topological polar surface area (TPSA) is 338 Å². The fourth-order valence-electron chi connectivity index (χ4n) is 4.16. The number of aromatic hydroxyl groups is 1. The van der Waals surface area contributed by atoms with Crippen LogP contribution in [-0.4, -0.2) is 68.2 Å². The molecule has 1 heterocycles. The van der Waals surface area contributed by atoms with Crippen molar-refractivity contribution in [2.75, 3.05) is 22.1 Å². The number of nitrogen functional groups attached to an aromatic ring is 2. The summed E-state index contributed by atoms with van der Waals surface area (Å²) in [5.41, 5.74) is 9.27. The van der Waals surface area contributed by atoms with Gasteiger partial charge in [-0.2, -0.15) is 26.8 Å². The number of aromatic amines is 1. The van der Waals surface area contributed by atoms with Gasteiger partial charge >= 0.3 is 17.6 Å². The monoisotopic (exact) mass is 701 g/mol. The number of carboxylic acids is 2. The number of nitrogens with one attached hydrogen (secondary N) is 3. The van der Waals surface area contributed by atoms with Gasteiger partial charge in [0.1, 0.15) is 10.6 Å². The van der Waals surface area contributed by atoms with Crippen LogP contribution >= 0.6 is 0 Å². The van der Waals surface area contributed by atoms with E-state index in [1.807, 2.05) is 0 Å². The summed E-state index contributed by atoms with van der Waals surface area (Å²) in [6.45, 7) is 0. The van der Waals surface area contributed by atoms with E-state index in [0.29, 0.717) is 5.69 Å². The number of phenols is 1. The number of carbonyl (C=O) groups is 2. The van der Waals surface area contributed by atoms with Crippen molar-refractivity contribution in [2.24, 2.45) is 0 Å². The Labute approximate surface area is 269 Å². The van der Waals surface area contributed by atoms with Crippen LogP contribution in [-0.2, 0) is 20.2 Å². The second-order valence-electron chi connectivity index (χ2n) is 9.48. The van der Waals surface area contributed by atoms with Crippen LogP contribution in [0.25, 0.3) is 10.8 Å². The Morgan fingerprint density at radius 3 is 1.94 bits per heavy atom. The molecule has 0 saturated heterocycles. The maximum absolute atomic E-state index is 12.2. The summed E-state index contributed by atoms with van der Waals surface area (Å²) in [5.74, 6) is -3.92. The average Bonchev–Trinajstić information content (AvgIpc) is 2.98. The van der Waals surface area contributed by atoms with E-state index in [1.165, 1.54) is 30.3 Å². The van der Waals surface area contributed by atoms with Crippen LogP contribution in [0.15, 0.2) is 81.3 Å². The fourth-order valence-corrected chi connectivity index (χ4v) is 5.36. The van der Waals surface area contributed by atoms with Gasteiger partial charge in [0.15, 0.2) is 0 Å². The van der Waals surface area contributed by atoms with E-state index in [-0.39, 0.29) is 39.2 Å². The zero-order valence-corrected chi connectivity index (χ0v) is 25.4. The minimum Gasteiger partial charge on any atom is -0.505 e. The van der Waals surface area contributed by atoms with Gasteiger partial charge in [0.05, 0.1) is 33.1 Å². The predicted octanol–water partition coefficient (Wildman–Crippen LogP) is 2.25. The van der Waals surface area contributed by atoms with Gasteiger partial charge in [0.2, 0.25) is 11.9 Å². The molecule has 0 saturated carbocycles. The van der Waals surface area contributed by atoms with Crippen LogP contribution in [0.4, 0.5) is 34.6 Å². The molecule has 5 rings (SSSR count). The molecule has 250 valence electrons. The Bertz CT molecular complexity index is 2380. The summed E-state index contributed by atoms with van der Waals surface area (Å²) in [7, 11) is -9.84. The van der Waals surface area contributed by atoms with Crippen molar-refractivity contribution in [1.29, 1.82) is 0 Å². The molecule has 0 spiro atoms. The van der Waals surface area contributed by atoms with Gasteiger partial charge in [-0.15, -0.1) is 0 Å². The molecule has 0 bridgehead atoms. The van der Waals surface area contributed by atoms with Crippen molar-refractivity contribution in [1.82, 2.24) is 15.0 Å². The number of para-hydroxylation sites is 2. The highest BCUT2D eigenvalue weighted by molar-refractivity contribution is 7.86. The third-order valence-corrected chi connectivity index (χ3v) is 7.99. The number of nitrogens with zero attached hydrogens (tertiary/aromatic N) is 2. The molecule has 21 heteroatoms. The molecule has 0 aliphatic rings. The molecule has 0 atom stereocenters. The smallest absolute Gasteiger partial charge is 0.351 e. The molecule has 0 amide bonds. The number of aromatic carboxylic acids is 2. The lowest BCUT2D eigenvalue weighted by Crippen LogP contribution is -2.17. The fraction of sp³-hybridized carbons (Fsp3) is 0. The molecule has 0 unspecified atom stereocenters. The number of carboxylic acid groups (broad SMARTS) is 2. The van der Waals surface area contributed by atoms with Gasteiger partial charge < -0.3 is 37.4 Å². The first-order chi connectivity index (χ1) is 22.4. The molecule has 0 fully saturated rings. The van der Waals surface area contributed by atoms with Gasteiger partial charge in [-0.1, -0.05) is 24.3 Å². The number of hydrogen-bond donors (Lipinski definition) is 10. The van der Waals surface area contributed by atoms with Gasteiger partial charge in [0.25, 0.3) is 20.2 Å². The summed E-state index contributed by atoms with van der Waals surface area (Å²) in [6, 6.07) is 14.4.